The van der Waals surface area contributed by atoms with E-state index in [2.05, 4.69) is 62.8 Å². The van der Waals surface area contributed by atoms with Crippen molar-refractivity contribution in [3.05, 3.63) is 44.3 Å². The lowest BCUT2D eigenvalue weighted by molar-refractivity contribution is 0.413. The third kappa shape index (κ3) is 2.60. The Balaban J connectivity index is 2.25. The number of nitrogens with zero attached hydrogens (tertiary/aromatic N) is 1. The summed E-state index contributed by atoms with van der Waals surface area (Å²) in [5, 5.41) is 0. The van der Waals surface area contributed by atoms with E-state index in [1.54, 1.807) is 7.11 Å². The molecule has 3 aromatic rings. The van der Waals surface area contributed by atoms with Crippen molar-refractivity contribution < 1.29 is 4.74 Å². The molecule has 0 radical (unpaired) electrons. The third-order valence-electron chi connectivity index (χ3n) is 3.56. The highest BCUT2D eigenvalue weighted by molar-refractivity contribution is 9.11. The third-order valence-corrected chi connectivity index (χ3v) is 4.61. The van der Waals surface area contributed by atoms with E-state index in [1.165, 1.54) is 11.1 Å². The van der Waals surface area contributed by atoms with Crippen LogP contribution in [0.15, 0.2) is 33.2 Å². The molecule has 3 nitrogen and oxygen atoms in total. The molecule has 108 valence electrons. The normalized spacial score (nSPS) is 11.1. The number of hydrogen-bond acceptors (Lipinski definition) is 2. The SMILES string of the molecule is COc1c(Br)cc(Br)cc1-c1nc2cc(C)c(C)cc2[nH]1. The number of hydrogen-bond donors (Lipinski definition) is 1. The van der Waals surface area contributed by atoms with Crippen LogP contribution < -0.4 is 4.74 Å². The van der Waals surface area contributed by atoms with Crippen LogP contribution in [0.4, 0.5) is 0 Å². The number of ether oxygens (including phenoxy) is 1. The van der Waals surface area contributed by atoms with Crippen molar-refractivity contribution in [1.29, 1.82) is 0 Å². The Morgan fingerprint density at radius 2 is 1.76 bits per heavy atom. The van der Waals surface area contributed by atoms with E-state index >= 15 is 0 Å². The number of methoxy groups -OCH3 is 1. The molecule has 0 amide bonds. The van der Waals surface area contributed by atoms with Crippen LogP contribution in [0.1, 0.15) is 11.1 Å². The fraction of sp³-hybridized carbons (Fsp3) is 0.188. The quantitative estimate of drug-likeness (QED) is 0.616. The molecule has 0 spiro atoms. The van der Waals surface area contributed by atoms with E-state index in [0.29, 0.717) is 0 Å². The van der Waals surface area contributed by atoms with Gasteiger partial charge >= 0.3 is 0 Å². The summed E-state index contributed by atoms with van der Waals surface area (Å²) in [6, 6.07) is 8.19. The minimum atomic E-state index is 0.769. The number of nitrogens with one attached hydrogen (secondary N) is 1. The molecule has 0 bridgehead atoms. The maximum Gasteiger partial charge on any atom is 0.144 e. The second-order valence-corrected chi connectivity index (χ2v) is 6.78. The molecule has 1 aromatic heterocycles. The largest absolute Gasteiger partial charge is 0.495 e. The van der Waals surface area contributed by atoms with Gasteiger partial charge in [-0.15, -0.1) is 0 Å². The second-order valence-electron chi connectivity index (χ2n) is 5.01. The number of rotatable bonds is 2. The molecule has 0 saturated carbocycles. The fourth-order valence-electron chi connectivity index (χ4n) is 2.34. The average molecular weight is 410 g/mol. The van der Waals surface area contributed by atoms with Crippen LogP contribution in [0.3, 0.4) is 0 Å². The van der Waals surface area contributed by atoms with Crippen LogP contribution in [-0.2, 0) is 0 Å². The topological polar surface area (TPSA) is 37.9 Å². The lowest BCUT2D eigenvalue weighted by Gasteiger charge is -2.09. The smallest absolute Gasteiger partial charge is 0.144 e. The van der Waals surface area contributed by atoms with Crippen molar-refractivity contribution in [3.63, 3.8) is 0 Å². The Labute approximate surface area is 140 Å². The van der Waals surface area contributed by atoms with Crippen molar-refractivity contribution in [3.8, 4) is 17.1 Å². The van der Waals surface area contributed by atoms with Gasteiger partial charge < -0.3 is 9.72 Å². The van der Waals surface area contributed by atoms with E-state index in [0.717, 1.165) is 37.1 Å². The van der Waals surface area contributed by atoms with E-state index < -0.39 is 0 Å². The first-order valence-electron chi connectivity index (χ1n) is 6.50. The van der Waals surface area contributed by atoms with Gasteiger partial charge in [-0.2, -0.15) is 0 Å². The Kier molecular flexibility index (Phi) is 3.80. The summed E-state index contributed by atoms with van der Waals surface area (Å²) in [7, 11) is 1.66. The number of benzene rings is 2. The summed E-state index contributed by atoms with van der Waals surface area (Å²) in [6.45, 7) is 4.20. The molecule has 0 aliphatic carbocycles. The fourth-order valence-corrected chi connectivity index (χ4v) is 3.73. The molecule has 2 aromatic carbocycles. The average Bonchev–Trinajstić information content (AvgIpc) is 2.81. The summed E-state index contributed by atoms with van der Waals surface area (Å²) in [5.41, 5.74) is 5.41. The van der Waals surface area contributed by atoms with Crippen molar-refractivity contribution in [2.45, 2.75) is 13.8 Å². The number of aromatic amines is 1. The highest BCUT2D eigenvalue weighted by Crippen LogP contribution is 2.38. The molecule has 0 atom stereocenters. The molecule has 0 fully saturated rings. The van der Waals surface area contributed by atoms with Crippen LogP contribution in [0, 0.1) is 13.8 Å². The van der Waals surface area contributed by atoms with Gasteiger partial charge in [-0.05, 0) is 65.2 Å². The summed E-state index contributed by atoms with van der Waals surface area (Å²) in [4.78, 5) is 8.07. The number of aromatic nitrogens is 2. The number of imidazole rings is 1. The van der Waals surface area contributed by atoms with E-state index in [-0.39, 0.29) is 0 Å². The zero-order valence-corrected chi connectivity index (χ0v) is 15.1. The van der Waals surface area contributed by atoms with E-state index in [1.807, 2.05) is 12.1 Å². The summed E-state index contributed by atoms with van der Waals surface area (Å²) in [6.07, 6.45) is 0. The zero-order chi connectivity index (χ0) is 15.1. The predicted molar refractivity (Wildman–Crippen MR) is 93.0 cm³/mol. The summed E-state index contributed by atoms with van der Waals surface area (Å²) in [5.74, 6) is 1.57. The van der Waals surface area contributed by atoms with Crippen LogP contribution in [-0.4, -0.2) is 17.1 Å². The van der Waals surface area contributed by atoms with Crippen LogP contribution in [0.5, 0.6) is 5.75 Å². The summed E-state index contributed by atoms with van der Waals surface area (Å²) >= 11 is 7.04. The van der Waals surface area contributed by atoms with Gasteiger partial charge in [-0.1, -0.05) is 15.9 Å². The molecule has 0 aliphatic rings. The van der Waals surface area contributed by atoms with Crippen LogP contribution in [0.25, 0.3) is 22.4 Å². The Bertz CT molecular complexity index is 801. The van der Waals surface area contributed by atoms with Crippen molar-refractivity contribution in [2.75, 3.05) is 7.11 Å². The van der Waals surface area contributed by atoms with Crippen molar-refractivity contribution >= 4 is 42.9 Å². The molecule has 1 heterocycles. The molecular formula is C16H14Br2N2O. The molecule has 5 heteroatoms. The lowest BCUT2D eigenvalue weighted by Crippen LogP contribution is -1.91. The van der Waals surface area contributed by atoms with E-state index in [9.17, 15) is 0 Å². The van der Waals surface area contributed by atoms with Gasteiger partial charge in [-0.3, -0.25) is 0 Å². The van der Waals surface area contributed by atoms with Gasteiger partial charge in [0, 0.05) is 4.47 Å². The number of halogens is 2. The van der Waals surface area contributed by atoms with Gasteiger partial charge in [0.2, 0.25) is 0 Å². The van der Waals surface area contributed by atoms with Crippen LogP contribution in [0.2, 0.25) is 0 Å². The maximum atomic E-state index is 5.50. The first kappa shape index (κ1) is 14.6. The van der Waals surface area contributed by atoms with Crippen molar-refractivity contribution in [1.82, 2.24) is 9.97 Å². The van der Waals surface area contributed by atoms with E-state index in [4.69, 9.17) is 9.72 Å². The van der Waals surface area contributed by atoms with Gasteiger partial charge in [0.25, 0.3) is 0 Å². The minimum Gasteiger partial charge on any atom is -0.495 e. The highest BCUT2D eigenvalue weighted by Gasteiger charge is 2.15. The number of fused-ring (bicyclic) bond motifs is 1. The Morgan fingerprint density at radius 3 is 2.48 bits per heavy atom. The first-order chi connectivity index (χ1) is 9.99. The highest BCUT2D eigenvalue weighted by atomic mass is 79.9. The Morgan fingerprint density at radius 1 is 1.05 bits per heavy atom. The second kappa shape index (κ2) is 5.46. The monoisotopic (exact) mass is 408 g/mol. The standard InChI is InChI=1S/C16H14Br2N2O/c1-8-4-13-14(5-9(8)2)20-16(19-13)11-6-10(17)7-12(18)15(11)21-3/h4-7H,1-3H3,(H,19,20). The molecular weight excluding hydrogens is 396 g/mol. The first-order valence-corrected chi connectivity index (χ1v) is 8.08. The van der Waals surface area contributed by atoms with Gasteiger partial charge in [0.15, 0.2) is 0 Å². The van der Waals surface area contributed by atoms with Gasteiger partial charge in [-0.25, -0.2) is 4.98 Å². The molecule has 1 N–H and O–H groups in total. The molecule has 0 unspecified atom stereocenters. The number of H-pyrrole nitrogens is 1. The van der Waals surface area contributed by atoms with Crippen LogP contribution >= 0.6 is 31.9 Å². The molecule has 0 aliphatic heterocycles. The molecule has 3 rings (SSSR count). The zero-order valence-electron chi connectivity index (χ0n) is 11.9. The molecule has 0 saturated heterocycles. The predicted octanol–water partition coefficient (Wildman–Crippen LogP) is 5.38. The van der Waals surface area contributed by atoms with Crippen molar-refractivity contribution in [2.24, 2.45) is 0 Å². The Hall–Kier alpha value is -1.33. The maximum absolute atomic E-state index is 5.50. The lowest BCUT2D eigenvalue weighted by atomic mass is 10.1. The molecule has 21 heavy (non-hydrogen) atoms. The summed E-state index contributed by atoms with van der Waals surface area (Å²) < 4.78 is 7.36. The van der Waals surface area contributed by atoms with Gasteiger partial charge in [0.1, 0.15) is 11.6 Å². The minimum absolute atomic E-state index is 0.769. The van der Waals surface area contributed by atoms with Gasteiger partial charge in [0.05, 0.1) is 28.2 Å². The number of aryl methyl sites for hydroxylation is 2.